The van der Waals surface area contributed by atoms with Crippen LogP contribution in [0, 0.1) is 29.1 Å². The van der Waals surface area contributed by atoms with Crippen LogP contribution in [0.3, 0.4) is 0 Å². The molecule has 2 aromatic rings. The number of rotatable bonds is 19. The molecule has 12 nitrogen and oxygen atoms in total. The highest BCUT2D eigenvalue weighted by molar-refractivity contribution is 6.03. The zero-order chi connectivity index (χ0) is 39.8. The van der Waals surface area contributed by atoms with E-state index in [4.69, 9.17) is 28.9 Å². The van der Waals surface area contributed by atoms with Crippen molar-refractivity contribution < 1.29 is 38.8 Å². The summed E-state index contributed by atoms with van der Waals surface area (Å²) < 4.78 is 26.6. The summed E-state index contributed by atoms with van der Waals surface area (Å²) in [6.07, 6.45) is 11.3. The Morgan fingerprint density at radius 1 is 1.11 bits per heavy atom. The quantitative estimate of drug-likeness (QED) is 0.0733. The number of fused-ring (bicyclic) bond motifs is 2. The number of hydrogen-bond donors (Lipinski definition) is 2. The van der Waals surface area contributed by atoms with Gasteiger partial charge in [0.05, 0.1) is 36.5 Å². The Kier molecular flexibility index (Phi) is 13.6. The summed E-state index contributed by atoms with van der Waals surface area (Å²) >= 11 is 0. The zero-order valence-corrected chi connectivity index (χ0v) is 33.2. The minimum atomic E-state index is -1.36. The molecule has 306 valence electrons. The molecule has 0 bridgehead atoms. The van der Waals surface area contributed by atoms with E-state index in [1.165, 1.54) is 0 Å². The standard InChI is InChI=1S/C45H58N4O8/c1-3-24-55-45-40(48(2)44(52)32-15-13-31(30-46)14-16-32)29-38(47-57-41-12-6-9-25-54-41)36-27-33(10-4-7-22-50)35(11-5-8-23-51)42(43(36)45)37-28-34(17-18-39(37)56-45)53-26-21-49-19-20-49/h3,13-18,27-28,33,35,40-43,50-51H,1,4-12,19-26,29H2,2H3. The van der Waals surface area contributed by atoms with E-state index < -0.39 is 24.0 Å². The summed E-state index contributed by atoms with van der Waals surface area (Å²) in [5.41, 5.74) is 3.62. The normalized spacial score (nSPS) is 28.2. The molecule has 1 saturated carbocycles. The van der Waals surface area contributed by atoms with Gasteiger partial charge in [0.15, 0.2) is 0 Å². The molecule has 2 N–H and O–H groups in total. The van der Waals surface area contributed by atoms with Crippen molar-refractivity contribution >= 4 is 11.6 Å². The number of aliphatic hydroxyl groups excluding tert-OH is 2. The van der Waals surface area contributed by atoms with Crippen molar-refractivity contribution in [3.8, 4) is 17.6 Å². The summed E-state index contributed by atoms with van der Waals surface area (Å²) in [5.74, 6) is -0.499. The number of likely N-dealkylation sites (N-methyl/N-ethyl adjacent to an activating group) is 1. The van der Waals surface area contributed by atoms with Gasteiger partial charge in [-0.2, -0.15) is 5.26 Å². The fourth-order valence-corrected chi connectivity index (χ4v) is 9.35. The van der Waals surface area contributed by atoms with Crippen LogP contribution in [0.5, 0.6) is 11.5 Å². The molecule has 2 aliphatic carbocycles. The van der Waals surface area contributed by atoms with Gasteiger partial charge in [0, 0.05) is 69.8 Å². The highest BCUT2D eigenvalue weighted by atomic mass is 16.8. The van der Waals surface area contributed by atoms with Crippen molar-refractivity contribution in [2.45, 2.75) is 88.2 Å². The number of benzene rings is 2. The number of aliphatic hydroxyl groups is 2. The lowest BCUT2D eigenvalue weighted by molar-refractivity contribution is -0.252. The molecule has 3 heterocycles. The smallest absolute Gasteiger partial charge is 0.254 e. The van der Waals surface area contributed by atoms with Crippen molar-refractivity contribution in [2.24, 2.45) is 22.9 Å². The summed E-state index contributed by atoms with van der Waals surface area (Å²) in [4.78, 5) is 24.8. The lowest BCUT2D eigenvalue weighted by atomic mass is 9.55. The third kappa shape index (κ3) is 9.08. The fraction of sp³-hybridized carbons (Fsp3) is 0.578. The van der Waals surface area contributed by atoms with Crippen molar-refractivity contribution in [3.63, 3.8) is 0 Å². The Morgan fingerprint density at radius 3 is 2.60 bits per heavy atom. The van der Waals surface area contributed by atoms with Crippen molar-refractivity contribution in [2.75, 3.05) is 59.7 Å². The number of carbonyl (C=O) groups excluding carboxylic acids is 1. The lowest BCUT2D eigenvalue weighted by Gasteiger charge is -2.59. The predicted octanol–water partition coefficient (Wildman–Crippen LogP) is 6.19. The molecule has 7 unspecified atom stereocenters. The summed E-state index contributed by atoms with van der Waals surface area (Å²) in [6.45, 7) is 8.69. The van der Waals surface area contributed by atoms with Gasteiger partial charge in [-0.05, 0) is 98.4 Å². The molecule has 0 aromatic heterocycles. The third-order valence-corrected chi connectivity index (χ3v) is 12.3. The molecule has 0 spiro atoms. The summed E-state index contributed by atoms with van der Waals surface area (Å²) in [5, 5.41) is 34.1. The molecule has 57 heavy (non-hydrogen) atoms. The van der Waals surface area contributed by atoms with E-state index in [1.54, 1.807) is 42.3 Å². The van der Waals surface area contributed by atoms with Crippen LogP contribution in [-0.4, -0.2) is 109 Å². The number of allylic oxidation sites excluding steroid dienone is 1. The van der Waals surface area contributed by atoms with Crippen LogP contribution in [0.4, 0.5) is 0 Å². The Hall–Kier alpha value is -4.25. The molecule has 5 aliphatic rings. The second kappa shape index (κ2) is 19.0. The van der Waals surface area contributed by atoms with E-state index in [-0.39, 0.29) is 49.9 Å². The Morgan fingerprint density at radius 2 is 1.89 bits per heavy atom. The molecule has 2 saturated heterocycles. The first-order valence-electron chi connectivity index (χ1n) is 20.9. The van der Waals surface area contributed by atoms with Gasteiger partial charge in [-0.25, -0.2) is 0 Å². The minimum absolute atomic E-state index is 0.105. The number of unbranched alkanes of at least 4 members (excludes halogenated alkanes) is 2. The van der Waals surface area contributed by atoms with Gasteiger partial charge in [0.25, 0.3) is 5.91 Å². The first kappa shape index (κ1) is 40.9. The summed E-state index contributed by atoms with van der Waals surface area (Å²) in [6, 6.07) is 14.2. The number of hydrogen-bond acceptors (Lipinski definition) is 11. The van der Waals surface area contributed by atoms with Crippen LogP contribution in [0.25, 0.3) is 0 Å². The Bertz CT molecular complexity index is 1800. The monoisotopic (exact) mass is 782 g/mol. The van der Waals surface area contributed by atoms with Crippen LogP contribution < -0.4 is 9.47 Å². The van der Waals surface area contributed by atoms with E-state index in [1.807, 2.05) is 12.1 Å². The van der Waals surface area contributed by atoms with Gasteiger partial charge < -0.3 is 38.9 Å². The highest BCUT2D eigenvalue weighted by Crippen LogP contribution is 2.62. The molecule has 3 fully saturated rings. The van der Waals surface area contributed by atoms with E-state index in [9.17, 15) is 20.3 Å². The molecule has 0 radical (unpaired) electrons. The van der Waals surface area contributed by atoms with Crippen LogP contribution in [0.1, 0.15) is 91.6 Å². The molecule has 7 rings (SSSR count). The molecule has 2 aromatic carbocycles. The van der Waals surface area contributed by atoms with Gasteiger partial charge in [-0.1, -0.05) is 30.1 Å². The number of ether oxygens (including phenoxy) is 4. The molecular weight excluding hydrogens is 725 g/mol. The molecule has 7 atom stereocenters. The number of nitriles is 1. The first-order valence-corrected chi connectivity index (χ1v) is 20.9. The fourth-order valence-electron chi connectivity index (χ4n) is 9.35. The SMILES string of the molecule is C=CCOC12Oc3ccc(OCCN4CC4)cc3C3C(CCCCO)C(CCCCO)C=C(C(=NOC4CCCCO4)CC1N(C)C(=O)c1ccc(C#N)cc1)C32. The van der Waals surface area contributed by atoms with Crippen molar-refractivity contribution in [1.82, 2.24) is 9.80 Å². The largest absolute Gasteiger partial charge is 0.492 e. The molecular formula is C45H58N4O8. The molecule has 1 amide bonds. The number of nitrogens with zero attached hydrogens (tertiary/aromatic N) is 4. The van der Waals surface area contributed by atoms with E-state index in [2.05, 4.69) is 29.7 Å². The number of amides is 1. The van der Waals surface area contributed by atoms with Gasteiger partial charge in [0.2, 0.25) is 12.1 Å². The minimum Gasteiger partial charge on any atom is -0.492 e. The van der Waals surface area contributed by atoms with E-state index >= 15 is 0 Å². The zero-order valence-electron chi connectivity index (χ0n) is 33.2. The third-order valence-electron chi connectivity index (χ3n) is 12.3. The highest BCUT2D eigenvalue weighted by Gasteiger charge is 2.65. The Labute approximate surface area is 336 Å². The second-order valence-electron chi connectivity index (χ2n) is 16.0. The van der Waals surface area contributed by atoms with Gasteiger partial charge >= 0.3 is 0 Å². The van der Waals surface area contributed by atoms with Crippen LogP contribution >= 0.6 is 0 Å². The maximum atomic E-state index is 14.5. The van der Waals surface area contributed by atoms with Crippen LogP contribution in [-0.2, 0) is 14.3 Å². The van der Waals surface area contributed by atoms with Crippen LogP contribution in [0.2, 0.25) is 0 Å². The predicted molar refractivity (Wildman–Crippen MR) is 215 cm³/mol. The topological polar surface area (TPSA) is 146 Å². The van der Waals surface area contributed by atoms with Gasteiger partial charge in [0.1, 0.15) is 24.1 Å². The first-order chi connectivity index (χ1) is 27.9. The van der Waals surface area contributed by atoms with Crippen molar-refractivity contribution in [1.29, 1.82) is 5.26 Å². The van der Waals surface area contributed by atoms with Crippen molar-refractivity contribution in [3.05, 3.63) is 83.5 Å². The van der Waals surface area contributed by atoms with Gasteiger partial charge in [-0.3, -0.25) is 9.69 Å². The average Bonchev–Trinajstić information content (AvgIpc) is 4.08. The second-order valence-corrected chi connectivity index (χ2v) is 16.0. The average molecular weight is 783 g/mol. The number of carbonyl (C=O) groups is 1. The summed E-state index contributed by atoms with van der Waals surface area (Å²) in [7, 11) is 1.78. The van der Waals surface area contributed by atoms with E-state index in [0.717, 1.165) is 87.2 Å². The molecule has 3 aliphatic heterocycles. The number of oxime groups is 1. The maximum absolute atomic E-state index is 14.5. The van der Waals surface area contributed by atoms with Crippen LogP contribution in [0.15, 0.2) is 71.9 Å². The van der Waals surface area contributed by atoms with E-state index in [0.29, 0.717) is 42.9 Å². The Balaban J connectivity index is 1.39. The van der Waals surface area contributed by atoms with Gasteiger partial charge in [-0.15, -0.1) is 6.58 Å². The lowest BCUT2D eigenvalue weighted by Crippen LogP contribution is -2.69. The maximum Gasteiger partial charge on any atom is 0.254 e. The molecule has 12 heteroatoms.